The number of thioether (sulfide) groups is 1. The number of nitrogens with one attached hydrogen (secondary N) is 2. The maximum atomic E-state index is 3.97. The molecule has 2 rings (SSSR count). The Bertz CT molecular complexity index is 451. The average Bonchev–Trinajstić information content (AvgIpc) is 2.97. The van der Waals surface area contributed by atoms with E-state index in [1.807, 2.05) is 17.8 Å². The van der Waals surface area contributed by atoms with Gasteiger partial charge in [0.05, 0.1) is 5.69 Å². The second-order valence-electron chi connectivity index (χ2n) is 4.39. The van der Waals surface area contributed by atoms with Crippen LogP contribution in [0.1, 0.15) is 18.9 Å². The third kappa shape index (κ3) is 4.73. The van der Waals surface area contributed by atoms with Gasteiger partial charge in [-0.3, -0.25) is 5.10 Å². The van der Waals surface area contributed by atoms with Crippen LogP contribution < -0.4 is 5.32 Å². The number of H-pyrrole nitrogens is 1. The van der Waals surface area contributed by atoms with Crippen LogP contribution in [0.4, 0.5) is 0 Å². The van der Waals surface area contributed by atoms with E-state index in [0.717, 1.165) is 18.8 Å². The molecular formula is C15H21N3S. The van der Waals surface area contributed by atoms with Crippen LogP contribution >= 0.6 is 11.8 Å². The molecule has 4 heteroatoms. The van der Waals surface area contributed by atoms with Crippen molar-refractivity contribution in [3.63, 3.8) is 0 Å². The Morgan fingerprint density at radius 1 is 1.21 bits per heavy atom. The molecule has 2 N–H and O–H groups in total. The largest absolute Gasteiger partial charge is 0.313 e. The highest BCUT2D eigenvalue weighted by molar-refractivity contribution is 7.99. The third-order valence-corrected chi connectivity index (χ3v) is 3.93. The highest BCUT2D eigenvalue weighted by atomic mass is 32.2. The van der Waals surface area contributed by atoms with Gasteiger partial charge in [0.2, 0.25) is 0 Å². The Kier molecular flexibility index (Phi) is 5.98. The van der Waals surface area contributed by atoms with E-state index in [9.17, 15) is 0 Å². The van der Waals surface area contributed by atoms with Crippen molar-refractivity contribution < 1.29 is 0 Å². The van der Waals surface area contributed by atoms with E-state index in [2.05, 4.69) is 46.7 Å². The lowest BCUT2D eigenvalue weighted by Crippen LogP contribution is -2.15. The Morgan fingerprint density at radius 3 is 2.74 bits per heavy atom. The van der Waals surface area contributed by atoms with Gasteiger partial charge in [0.25, 0.3) is 0 Å². The van der Waals surface area contributed by atoms with E-state index in [-0.39, 0.29) is 0 Å². The van der Waals surface area contributed by atoms with Crippen molar-refractivity contribution in [3.05, 3.63) is 42.1 Å². The fraction of sp³-hybridized carbons (Fsp3) is 0.400. The van der Waals surface area contributed by atoms with Crippen molar-refractivity contribution in [3.8, 4) is 11.3 Å². The quantitative estimate of drug-likeness (QED) is 0.726. The smallest absolute Gasteiger partial charge is 0.0650 e. The van der Waals surface area contributed by atoms with Crippen LogP contribution in [0.15, 0.2) is 36.5 Å². The van der Waals surface area contributed by atoms with Crippen LogP contribution in [-0.4, -0.2) is 28.2 Å². The first-order valence-corrected chi connectivity index (χ1v) is 7.92. The van der Waals surface area contributed by atoms with Crippen LogP contribution in [0.25, 0.3) is 11.3 Å². The normalized spacial score (nSPS) is 10.8. The van der Waals surface area contributed by atoms with Gasteiger partial charge in [-0.1, -0.05) is 31.2 Å². The van der Waals surface area contributed by atoms with E-state index >= 15 is 0 Å². The van der Waals surface area contributed by atoms with Crippen LogP contribution in [-0.2, 0) is 6.54 Å². The van der Waals surface area contributed by atoms with Crippen LogP contribution in [0.3, 0.4) is 0 Å². The minimum absolute atomic E-state index is 0.944. The first-order valence-electron chi connectivity index (χ1n) is 6.77. The number of benzene rings is 1. The van der Waals surface area contributed by atoms with E-state index < -0.39 is 0 Å². The summed E-state index contributed by atoms with van der Waals surface area (Å²) in [5, 5.41) is 10.4. The monoisotopic (exact) mass is 275 g/mol. The predicted octanol–water partition coefficient (Wildman–Crippen LogP) is 3.31. The molecule has 0 aliphatic rings. The molecule has 0 saturated heterocycles. The first-order chi connectivity index (χ1) is 9.40. The Labute approximate surface area is 119 Å². The summed E-state index contributed by atoms with van der Waals surface area (Å²) < 4.78 is 0. The first kappa shape index (κ1) is 14.2. The fourth-order valence-electron chi connectivity index (χ4n) is 1.90. The zero-order valence-electron chi connectivity index (χ0n) is 11.4. The molecular weight excluding hydrogens is 254 g/mol. The van der Waals surface area contributed by atoms with Gasteiger partial charge in [0, 0.05) is 12.7 Å². The molecule has 3 nitrogen and oxygen atoms in total. The Hall–Kier alpha value is -1.26. The zero-order chi connectivity index (χ0) is 13.3. The summed E-state index contributed by atoms with van der Waals surface area (Å²) in [6.07, 6.45) is 3.02. The lowest BCUT2D eigenvalue weighted by molar-refractivity contribution is 0.679. The lowest BCUT2D eigenvalue weighted by Gasteiger charge is -2.05. The molecule has 102 valence electrons. The van der Waals surface area contributed by atoms with Gasteiger partial charge in [0.1, 0.15) is 0 Å². The van der Waals surface area contributed by atoms with Crippen molar-refractivity contribution in [1.29, 1.82) is 0 Å². The molecule has 1 aromatic carbocycles. The number of aromatic amines is 1. The topological polar surface area (TPSA) is 40.7 Å². The van der Waals surface area contributed by atoms with Gasteiger partial charge in [0.15, 0.2) is 0 Å². The summed E-state index contributed by atoms with van der Waals surface area (Å²) in [5.41, 5.74) is 3.57. The minimum Gasteiger partial charge on any atom is -0.313 e. The standard InChI is InChI=1S/C15H21N3S/c1-2-19-11-3-9-16-12-13-4-6-14(7-5-13)15-8-10-17-18-15/h4-8,10,16H,2-3,9,11-12H2,1H3,(H,17,18). The maximum Gasteiger partial charge on any atom is 0.0650 e. The summed E-state index contributed by atoms with van der Waals surface area (Å²) in [4.78, 5) is 0. The predicted molar refractivity (Wildman–Crippen MR) is 83.3 cm³/mol. The molecule has 19 heavy (non-hydrogen) atoms. The highest BCUT2D eigenvalue weighted by Crippen LogP contribution is 2.16. The van der Waals surface area contributed by atoms with Crippen LogP contribution in [0.5, 0.6) is 0 Å². The van der Waals surface area contributed by atoms with E-state index in [1.165, 1.54) is 29.1 Å². The van der Waals surface area contributed by atoms with Gasteiger partial charge in [-0.15, -0.1) is 0 Å². The summed E-state index contributed by atoms with van der Waals surface area (Å²) >= 11 is 2.01. The molecule has 0 radical (unpaired) electrons. The van der Waals surface area contributed by atoms with Crippen LogP contribution in [0.2, 0.25) is 0 Å². The molecule has 0 saturated carbocycles. The number of rotatable bonds is 8. The van der Waals surface area contributed by atoms with Gasteiger partial charge in [-0.2, -0.15) is 16.9 Å². The van der Waals surface area contributed by atoms with Gasteiger partial charge in [-0.25, -0.2) is 0 Å². The molecule has 1 heterocycles. The second-order valence-corrected chi connectivity index (χ2v) is 5.79. The zero-order valence-corrected chi connectivity index (χ0v) is 12.2. The number of nitrogens with zero attached hydrogens (tertiary/aromatic N) is 1. The Morgan fingerprint density at radius 2 is 2.05 bits per heavy atom. The Balaban J connectivity index is 1.73. The van der Waals surface area contributed by atoms with Crippen molar-refractivity contribution in [2.45, 2.75) is 19.9 Å². The fourth-order valence-corrected chi connectivity index (χ4v) is 2.53. The third-order valence-electron chi connectivity index (χ3n) is 2.94. The van der Waals surface area contributed by atoms with Crippen molar-refractivity contribution in [1.82, 2.24) is 15.5 Å². The van der Waals surface area contributed by atoms with Gasteiger partial charge < -0.3 is 5.32 Å². The lowest BCUT2D eigenvalue weighted by atomic mass is 10.1. The SMILES string of the molecule is CCSCCCNCc1ccc(-c2ccn[nH]2)cc1. The molecule has 0 unspecified atom stereocenters. The molecule has 0 aliphatic carbocycles. The summed E-state index contributed by atoms with van der Waals surface area (Å²) in [6.45, 7) is 4.24. The average molecular weight is 275 g/mol. The van der Waals surface area contributed by atoms with Crippen molar-refractivity contribution in [2.24, 2.45) is 0 Å². The molecule has 0 fully saturated rings. The van der Waals surface area contributed by atoms with Gasteiger partial charge in [-0.05, 0) is 41.7 Å². The van der Waals surface area contributed by atoms with E-state index in [1.54, 1.807) is 6.20 Å². The molecule has 0 atom stereocenters. The maximum absolute atomic E-state index is 3.97. The minimum atomic E-state index is 0.944. The second kappa shape index (κ2) is 8.02. The molecule has 0 aliphatic heterocycles. The van der Waals surface area contributed by atoms with E-state index in [0.29, 0.717) is 0 Å². The summed E-state index contributed by atoms with van der Waals surface area (Å²) in [5.74, 6) is 2.47. The van der Waals surface area contributed by atoms with Crippen molar-refractivity contribution in [2.75, 3.05) is 18.1 Å². The number of hydrogen-bond donors (Lipinski definition) is 2. The molecule has 2 aromatic rings. The highest BCUT2D eigenvalue weighted by Gasteiger charge is 1.98. The molecule has 0 bridgehead atoms. The van der Waals surface area contributed by atoms with Crippen molar-refractivity contribution >= 4 is 11.8 Å². The summed E-state index contributed by atoms with van der Waals surface area (Å²) in [7, 11) is 0. The summed E-state index contributed by atoms with van der Waals surface area (Å²) in [6, 6.07) is 10.6. The molecule has 1 aromatic heterocycles. The number of hydrogen-bond acceptors (Lipinski definition) is 3. The molecule has 0 amide bonds. The molecule has 0 spiro atoms. The van der Waals surface area contributed by atoms with Gasteiger partial charge >= 0.3 is 0 Å². The van der Waals surface area contributed by atoms with Crippen LogP contribution in [0, 0.1) is 0 Å². The number of aromatic nitrogens is 2. The van der Waals surface area contributed by atoms with E-state index in [4.69, 9.17) is 0 Å².